The van der Waals surface area contributed by atoms with E-state index < -0.39 is 20.4 Å². The highest BCUT2D eigenvalue weighted by Crippen LogP contribution is 2.43. The number of hydrogen-bond donors (Lipinski definition) is 1. The molecule has 2 heterocycles. The van der Waals surface area contributed by atoms with E-state index in [9.17, 15) is 5.11 Å². The molecule has 2 saturated heterocycles. The first-order chi connectivity index (χ1) is 8.97. The van der Waals surface area contributed by atoms with Crippen LogP contribution in [0.25, 0.3) is 0 Å². The molecule has 6 heteroatoms. The Morgan fingerprint density at radius 2 is 1.80 bits per heavy atom. The number of aliphatic hydroxyl groups excluding tert-OH is 1. The van der Waals surface area contributed by atoms with Crippen molar-refractivity contribution in [2.24, 2.45) is 0 Å². The average Bonchev–Trinajstić information content (AvgIpc) is 2.70. The van der Waals surface area contributed by atoms with Gasteiger partial charge in [-0.25, -0.2) is 0 Å². The molecule has 0 aromatic carbocycles. The van der Waals surface area contributed by atoms with Gasteiger partial charge in [0.05, 0.1) is 6.61 Å². The average molecular weight is 304 g/mol. The van der Waals surface area contributed by atoms with Crippen LogP contribution in [0.5, 0.6) is 0 Å². The molecule has 0 amide bonds. The zero-order chi connectivity index (χ0) is 15.3. The Morgan fingerprint density at radius 1 is 1.20 bits per heavy atom. The van der Waals surface area contributed by atoms with Gasteiger partial charge < -0.3 is 23.7 Å². The van der Waals surface area contributed by atoms with Crippen molar-refractivity contribution in [3.05, 3.63) is 0 Å². The van der Waals surface area contributed by atoms with E-state index in [1.807, 2.05) is 13.8 Å². The Kier molecular flexibility index (Phi) is 4.13. The maximum absolute atomic E-state index is 9.52. The fraction of sp³-hybridized carbons (Fsp3) is 1.00. The van der Waals surface area contributed by atoms with Crippen LogP contribution in [0.3, 0.4) is 0 Å². The van der Waals surface area contributed by atoms with Crippen molar-refractivity contribution in [2.75, 3.05) is 6.61 Å². The van der Waals surface area contributed by atoms with Crippen LogP contribution in [0, 0.1) is 0 Å². The topological polar surface area (TPSA) is 57.2 Å². The second-order valence-corrected chi connectivity index (χ2v) is 12.4. The molecule has 0 aromatic heterocycles. The molecule has 0 radical (unpaired) electrons. The second-order valence-electron chi connectivity index (χ2n) is 7.67. The largest absolute Gasteiger partial charge is 0.408 e. The highest BCUT2D eigenvalue weighted by molar-refractivity contribution is 6.74. The molecular formula is C14H28O5Si. The molecule has 0 saturated carbocycles. The zero-order valence-corrected chi connectivity index (χ0v) is 14.6. The van der Waals surface area contributed by atoms with Crippen molar-refractivity contribution in [1.29, 1.82) is 0 Å². The summed E-state index contributed by atoms with van der Waals surface area (Å²) in [6.07, 6.45) is -1.36. The number of hydrogen-bond acceptors (Lipinski definition) is 5. The van der Waals surface area contributed by atoms with E-state index in [0.717, 1.165) is 0 Å². The molecule has 2 aliphatic rings. The van der Waals surface area contributed by atoms with Gasteiger partial charge in [0.15, 0.2) is 20.4 Å². The lowest BCUT2D eigenvalue weighted by atomic mass is 10.1. The quantitative estimate of drug-likeness (QED) is 0.810. The van der Waals surface area contributed by atoms with E-state index in [4.69, 9.17) is 18.6 Å². The van der Waals surface area contributed by atoms with Crippen LogP contribution in [0.1, 0.15) is 34.6 Å². The molecule has 0 aromatic rings. The first-order valence-corrected chi connectivity index (χ1v) is 10.2. The first kappa shape index (κ1) is 16.4. The second kappa shape index (κ2) is 5.03. The van der Waals surface area contributed by atoms with Crippen molar-refractivity contribution in [2.45, 2.75) is 83.1 Å². The van der Waals surface area contributed by atoms with Crippen LogP contribution in [-0.2, 0) is 18.6 Å². The van der Waals surface area contributed by atoms with E-state index in [1.54, 1.807) is 0 Å². The van der Waals surface area contributed by atoms with Crippen molar-refractivity contribution >= 4 is 8.32 Å². The van der Waals surface area contributed by atoms with Crippen molar-refractivity contribution < 1.29 is 23.7 Å². The Bertz CT molecular complexity index is 363. The molecule has 20 heavy (non-hydrogen) atoms. The molecule has 1 N–H and O–H groups in total. The van der Waals surface area contributed by atoms with Gasteiger partial charge in [-0.1, -0.05) is 20.8 Å². The minimum atomic E-state index is -1.96. The monoisotopic (exact) mass is 304 g/mol. The van der Waals surface area contributed by atoms with E-state index in [0.29, 0.717) is 0 Å². The third-order valence-electron chi connectivity index (χ3n) is 4.50. The van der Waals surface area contributed by atoms with Crippen molar-refractivity contribution in [3.8, 4) is 0 Å². The van der Waals surface area contributed by atoms with E-state index in [2.05, 4.69) is 33.9 Å². The summed E-state index contributed by atoms with van der Waals surface area (Å²) in [7, 11) is -1.96. The smallest absolute Gasteiger partial charge is 0.192 e. The third-order valence-corrected chi connectivity index (χ3v) is 8.98. The van der Waals surface area contributed by atoms with Crippen LogP contribution >= 0.6 is 0 Å². The fourth-order valence-corrected chi connectivity index (χ4v) is 3.67. The summed E-state index contributed by atoms with van der Waals surface area (Å²) in [6, 6.07) is 0. The van der Waals surface area contributed by atoms with Gasteiger partial charge in [-0.05, 0) is 32.0 Å². The van der Waals surface area contributed by atoms with Crippen LogP contribution < -0.4 is 0 Å². The normalized spacial score (nSPS) is 37.2. The predicted molar refractivity (Wildman–Crippen MR) is 77.9 cm³/mol. The van der Waals surface area contributed by atoms with E-state index in [-0.39, 0.29) is 30.0 Å². The standard InChI is InChI=1S/C14H28O5Si/c1-13(2,3)20(6,7)19-10-9(8-15)16-12-11(10)17-14(4,5)18-12/h9-12,15H,8H2,1-7H3/t9-,10?,11-,12-/m0/s1. The Morgan fingerprint density at radius 3 is 2.30 bits per heavy atom. The molecule has 0 aliphatic carbocycles. The van der Waals surface area contributed by atoms with Gasteiger partial charge in [-0.15, -0.1) is 0 Å². The molecule has 1 unspecified atom stereocenters. The van der Waals surface area contributed by atoms with Crippen LogP contribution in [-0.4, -0.2) is 50.4 Å². The van der Waals surface area contributed by atoms with E-state index in [1.165, 1.54) is 0 Å². The van der Waals surface area contributed by atoms with Crippen molar-refractivity contribution in [1.82, 2.24) is 0 Å². The molecule has 2 rings (SSSR count). The maximum Gasteiger partial charge on any atom is 0.192 e. The summed E-state index contributed by atoms with van der Waals surface area (Å²) in [6.45, 7) is 14.6. The van der Waals surface area contributed by atoms with Gasteiger partial charge in [0.1, 0.15) is 18.3 Å². The molecule has 0 bridgehead atoms. The number of aliphatic hydroxyl groups is 1. The summed E-state index contributed by atoms with van der Waals surface area (Å²) in [5, 5.41) is 9.62. The van der Waals surface area contributed by atoms with Gasteiger partial charge in [0, 0.05) is 0 Å². The van der Waals surface area contributed by atoms with Gasteiger partial charge in [-0.2, -0.15) is 0 Å². The van der Waals surface area contributed by atoms with E-state index >= 15 is 0 Å². The van der Waals surface area contributed by atoms with Gasteiger partial charge in [0.25, 0.3) is 0 Å². The summed E-state index contributed by atoms with van der Waals surface area (Å²) in [5.74, 6) is -0.662. The number of rotatable bonds is 3. The maximum atomic E-state index is 9.52. The van der Waals surface area contributed by atoms with Gasteiger partial charge in [0.2, 0.25) is 0 Å². The lowest BCUT2D eigenvalue weighted by molar-refractivity contribution is -0.217. The minimum Gasteiger partial charge on any atom is -0.408 e. The Balaban J connectivity index is 2.16. The number of ether oxygens (including phenoxy) is 3. The zero-order valence-electron chi connectivity index (χ0n) is 13.6. The lowest BCUT2D eigenvalue weighted by Crippen LogP contribution is -2.50. The van der Waals surface area contributed by atoms with Crippen LogP contribution in [0.4, 0.5) is 0 Å². The van der Waals surface area contributed by atoms with Crippen LogP contribution in [0.15, 0.2) is 0 Å². The fourth-order valence-electron chi connectivity index (χ4n) is 2.35. The Labute approximate surface area is 122 Å². The first-order valence-electron chi connectivity index (χ1n) is 7.27. The Hall–Kier alpha value is 0.0169. The highest BCUT2D eigenvalue weighted by Gasteiger charge is 2.57. The molecule has 5 nitrogen and oxygen atoms in total. The highest BCUT2D eigenvalue weighted by atomic mass is 28.4. The summed E-state index contributed by atoms with van der Waals surface area (Å²) in [5.41, 5.74) is 0. The molecule has 4 atom stereocenters. The van der Waals surface area contributed by atoms with Gasteiger partial charge >= 0.3 is 0 Å². The third kappa shape index (κ3) is 2.96. The van der Waals surface area contributed by atoms with Crippen molar-refractivity contribution in [3.63, 3.8) is 0 Å². The molecular weight excluding hydrogens is 276 g/mol. The van der Waals surface area contributed by atoms with Crippen LogP contribution in [0.2, 0.25) is 18.1 Å². The summed E-state index contributed by atoms with van der Waals surface area (Å²) < 4.78 is 23.8. The number of fused-ring (bicyclic) bond motifs is 1. The molecule has 2 aliphatic heterocycles. The summed E-state index contributed by atoms with van der Waals surface area (Å²) >= 11 is 0. The molecule has 2 fully saturated rings. The predicted octanol–water partition coefficient (Wildman–Crippen LogP) is 2.25. The van der Waals surface area contributed by atoms with Gasteiger partial charge in [-0.3, -0.25) is 0 Å². The summed E-state index contributed by atoms with van der Waals surface area (Å²) in [4.78, 5) is 0. The SMILES string of the molecule is CC1(C)O[C@@H]2O[C@@H](CO)C(O[Si](C)(C)C(C)(C)C)[C@@H]2O1. The minimum absolute atomic E-state index is 0.0839. The molecule has 118 valence electrons. The lowest BCUT2D eigenvalue weighted by Gasteiger charge is -2.40. The molecule has 0 spiro atoms.